The number of rotatable bonds is 7. The molecule has 122 valence electrons. The predicted octanol–water partition coefficient (Wildman–Crippen LogP) is 2.87. The van der Waals surface area contributed by atoms with E-state index in [9.17, 15) is 14.9 Å². The van der Waals surface area contributed by atoms with Crippen molar-refractivity contribution >= 4 is 11.7 Å². The topological polar surface area (TPSA) is 107 Å². The van der Waals surface area contributed by atoms with Crippen molar-refractivity contribution in [3.63, 3.8) is 0 Å². The number of carboxylic acids is 1. The Hall–Kier alpha value is -2.90. The van der Waals surface area contributed by atoms with Crippen LogP contribution in [0, 0.1) is 10.1 Å². The average Bonchev–Trinajstić information content (AvgIpc) is 2.89. The molecule has 0 radical (unpaired) electrons. The number of unbranched alkanes of at least 4 members (excludes halogenated alkanes) is 1. The van der Waals surface area contributed by atoms with Crippen LogP contribution < -0.4 is 4.74 Å². The third-order valence-electron chi connectivity index (χ3n) is 3.31. The lowest BCUT2D eigenvalue weighted by Crippen LogP contribution is -2.04. The summed E-state index contributed by atoms with van der Waals surface area (Å²) in [7, 11) is 1.50. The monoisotopic (exact) mass is 319 g/mol. The number of carboxylic acid groups (broad SMARTS) is 1. The highest BCUT2D eigenvalue weighted by Gasteiger charge is 2.19. The molecule has 1 aromatic carbocycles. The lowest BCUT2D eigenvalue weighted by Gasteiger charge is -2.07. The van der Waals surface area contributed by atoms with E-state index in [0.717, 1.165) is 12.8 Å². The fourth-order valence-corrected chi connectivity index (χ4v) is 2.08. The minimum absolute atomic E-state index is 0.00549. The minimum atomic E-state index is -1.11. The molecular weight excluding hydrogens is 302 g/mol. The van der Waals surface area contributed by atoms with Crippen LogP contribution in [0.1, 0.15) is 30.3 Å². The molecule has 1 heterocycles. The van der Waals surface area contributed by atoms with Crippen molar-refractivity contribution in [1.82, 2.24) is 9.78 Å². The third-order valence-corrected chi connectivity index (χ3v) is 3.31. The van der Waals surface area contributed by atoms with Crippen LogP contribution in [0.15, 0.2) is 24.3 Å². The van der Waals surface area contributed by atoms with Crippen molar-refractivity contribution in [2.45, 2.75) is 19.8 Å². The molecule has 0 unspecified atom stereocenters. The van der Waals surface area contributed by atoms with Gasteiger partial charge in [-0.2, -0.15) is 5.10 Å². The van der Waals surface area contributed by atoms with Gasteiger partial charge in [0.05, 0.1) is 17.2 Å². The van der Waals surface area contributed by atoms with Gasteiger partial charge in [0.15, 0.2) is 5.75 Å². The zero-order valence-electron chi connectivity index (χ0n) is 12.9. The van der Waals surface area contributed by atoms with Crippen molar-refractivity contribution in [1.29, 1.82) is 0 Å². The number of nitro groups is 1. The van der Waals surface area contributed by atoms with Crippen LogP contribution in [0.25, 0.3) is 11.3 Å². The second-order valence-corrected chi connectivity index (χ2v) is 4.99. The molecule has 1 N–H and O–H groups in total. The highest BCUT2D eigenvalue weighted by molar-refractivity contribution is 5.87. The lowest BCUT2D eigenvalue weighted by atomic mass is 10.1. The van der Waals surface area contributed by atoms with Gasteiger partial charge in [-0.1, -0.05) is 13.3 Å². The summed E-state index contributed by atoms with van der Waals surface area (Å²) in [6.45, 7) is 2.41. The highest BCUT2D eigenvalue weighted by Crippen LogP contribution is 2.32. The van der Waals surface area contributed by atoms with E-state index in [2.05, 4.69) is 5.10 Å². The second kappa shape index (κ2) is 6.91. The predicted molar refractivity (Wildman–Crippen MR) is 82.7 cm³/mol. The molecule has 1 aromatic heterocycles. The van der Waals surface area contributed by atoms with E-state index in [-0.39, 0.29) is 17.1 Å². The van der Waals surface area contributed by atoms with Crippen LogP contribution in [-0.2, 0) is 7.05 Å². The van der Waals surface area contributed by atoms with Gasteiger partial charge in [0.2, 0.25) is 0 Å². The summed E-state index contributed by atoms with van der Waals surface area (Å²) < 4.78 is 6.65. The molecule has 0 atom stereocenters. The number of ether oxygens (including phenoxy) is 1. The summed E-state index contributed by atoms with van der Waals surface area (Å²) in [5, 5.41) is 24.3. The molecule has 23 heavy (non-hydrogen) atoms. The summed E-state index contributed by atoms with van der Waals surface area (Å²) in [6, 6.07) is 5.86. The number of hydrogen-bond acceptors (Lipinski definition) is 5. The maximum Gasteiger partial charge on any atom is 0.354 e. The van der Waals surface area contributed by atoms with E-state index in [1.54, 1.807) is 6.07 Å². The first kappa shape index (κ1) is 16.5. The fraction of sp³-hybridized carbons (Fsp3) is 0.333. The molecule has 0 aliphatic carbocycles. The Morgan fingerprint density at radius 2 is 2.17 bits per heavy atom. The normalized spacial score (nSPS) is 10.5. The molecule has 8 nitrogen and oxygen atoms in total. The molecule has 0 saturated carbocycles. The highest BCUT2D eigenvalue weighted by atomic mass is 16.6. The Kier molecular flexibility index (Phi) is 4.95. The van der Waals surface area contributed by atoms with Crippen molar-refractivity contribution < 1.29 is 19.6 Å². The summed E-state index contributed by atoms with van der Waals surface area (Å²) in [5.41, 5.74) is 0.655. The Labute approximate surface area is 132 Å². The third kappa shape index (κ3) is 3.65. The molecule has 0 fully saturated rings. The number of aryl methyl sites for hydroxylation is 1. The molecule has 0 aliphatic rings. The zero-order valence-corrected chi connectivity index (χ0v) is 12.9. The van der Waals surface area contributed by atoms with Crippen molar-refractivity contribution in [2.24, 2.45) is 7.05 Å². The van der Waals surface area contributed by atoms with Crippen molar-refractivity contribution in [3.05, 3.63) is 40.1 Å². The molecule has 0 spiro atoms. The van der Waals surface area contributed by atoms with Crippen LogP contribution >= 0.6 is 0 Å². The number of nitro benzene ring substituents is 1. The van der Waals surface area contributed by atoms with Crippen molar-refractivity contribution in [2.75, 3.05) is 6.61 Å². The standard InChI is InChI=1S/C15H17N3O5/c1-3-4-7-23-14-6-5-10(8-12(14)18(21)22)11-9-13(15(19)20)17(2)16-11/h5-6,8-9H,3-4,7H2,1-2H3,(H,19,20). The molecule has 0 aliphatic heterocycles. The van der Waals surface area contributed by atoms with Gasteiger partial charge in [-0.05, 0) is 24.6 Å². The van der Waals surface area contributed by atoms with Gasteiger partial charge < -0.3 is 9.84 Å². The SMILES string of the molecule is CCCCOc1ccc(-c2cc(C(=O)O)n(C)n2)cc1[N+](=O)[O-]. The first-order valence-corrected chi connectivity index (χ1v) is 7.13. The van der Waals surface area contributed by atoms with Gasteiger partial charge in [0.1, 0.15) is 5.69 Å². The minimum Gasteiger partial charge on any atom is -0.487 e. The van der Waals surface area contributed by atoms with Crippen LogP contribution in [0.5, 0.6) is 5.75 Å². The number of aromatic nitrogens is 2. The van der Waals surface area contributed by atoms with Gasteiger partial charge in [-0.3, -0.25) is 14.8 Å². The first-order chi connectivity index (χ1) is 10.9. The Bertz CT molecular complexity index is 739. The molecular formula is C15H17N3O5. The van der Waals surface area contributed by atoms with Gasteiger partial charge in [0.25, 0.3) is 0 Å². The van der Waals surface area contributed by atoms with Gasteiger partial charge >= 0.3 is 11.7 Å². The quantitative estimate of drug-likeness (QED) is 0.477. The number of nitrogens with zero attached hydrogens (tertiary/aromatic N) is 3. The van der Waals surface area contributed by atoms with E-state index in [1.165, 1.54) is 29.9 Å². The molecule has 0 bridgehead atoms. The first-order valence-electron chi connectivity index (χ1n) is 7.13. The Morgan fingerprint density at radius 3 is 2.74 bits per heavy atom. The number of carbonyl (C=O) groups is 1. The van der Waals surface area contributed by atoms with E-state index in [0.29, 0.717) is 17.9 Å². The molecule has 0 amide bonds. The second-order valence-electron chi connectivity index (χ2n) is 4.99. The Morgan fingerprint density at radius 1 is 1.43 bits per heavy atom. The van der Waals surface area contributed by atoms with E-state index in [1.807, 2.05) is 6.92 Å². The maximum absolute atomic E-state index is 11.2. The number of aromatic carboxylic acids is 1. The van der Waals surface area contributed by atoms with Crippen LogP contribution in [0.3, 0.4) is 0 Å². The summed E-state index contributed by atoms with van der Waals surface area (Å²) in [6.07, 6.45) is 1.74. The zero-order chi connectivity index (χ0) is 17.0. The summed E-state index contributed by atoms with van der Waals surface area (Å²) in [4.78, 5) is 21.8. The summed E-state index contributed by atoms with van der Waals surface area (Å²) in [5.74, 6) is -0.915. The van der Waals surface area contributed by atoms with Gasteiger partial charge in [-0.15, -0.1) is 0 Å². The molecule has 0 saturated heterocycles. The number of hydrogen-bond donors (Lipinski definition) is 1. The molecule has 2 aromatic rings. The van der Waals surface area contributed by atoms with Gasteiger partial charge in [0, 0.05) is 18.7 Å². The van der Waals surface area contributed by atoms with E-state index < -0.39 is 10.9 Å². The largest absolute Gasteiger partial charge is 0.487 e. The smallest absolute Gasteiger partial charge is 0.354 e. The van der Waals surface area contributed by atoms with Crippen LogP contribution in [0.4, 0.5) is 5.69 Å². The average molecular weight is 319 g/mol. The van der Waals surface area contributed by atoms with E-state index in [4.69, 9.17) is 9.84 Å². The van der Waals surface area contributed by atoms with Crippen LogP contribution in [-0.4, -0.2) is 32.4 Å². The number of benzene rings is 1. The molecule has 8 heteroatoms. The van der Waals surface area contributed by atoms with Crippen molar-refractivity contribution in [3.8, 4) is 17.0 Å². The Balaban J connectivity index is 2.37. The summed E-state index contributed by atoms with van der Waals surface area (Å²) >= 11 is 0. The maximum atomic E-state index is 11.2. The molecule has 2 rings (SSSR count). The van der Waals surface area contributed by atoms with E-state index >= 15 is 0 Å². The lowest BCUT2D eigenvalue weighted by molar-refractivity contribution is -0.385. The van der Waals surface area contributed by atoms with Crippen LogP contribution in [0.2, 0.25) is 0 Å². The fourth-order valence-electron chi connectivity index (χ4n) is 2.08. The van der Waals surface area contributed by atoms with Gasteiger partial charge in [-0.25, -0.2) is 4.79 Å².